The maximum absolute atomic E-state index is 14.3. The number of nitrogens with one attached hydrogen (secondary N) is 1. The average Bonchev–Trinajstić information content (AvgIpc) is 2.61. The normalized spacial score (nSPS) is 10.9. The quantitative estimate of drug-likeness (QED) is 0.751. The van der Waals surface area contributed by atoms with E-state index in [1.165, 1.54) is 37.6 Å². The van der Waals surface area contributed by atoms with E-state index >= 15 is 0 Å². The van der Waals surface area contributed by atoms with Gasteiger partial charge in [0.05, 0.1) is 24.6 Å². The number of pyridine rings is 1. The summed E-state index contributed by atoms with van der Waals surface area (Å²) in [4.78, 5) is 15.7. The van der Waals surface area contributed by atoms with Crippen molar-refractivity contribution in [3.8, 4) is 22.6 Å². The molecule has 6 heteroatoms. The molecule has 0 aliphatic rings. The van der Waals surface area contributed by atoms with Gasteiger partial charge in [0.2, 0.25) is 0 Å². The molecule has 1 aromatic heterocycles. The fourth-order valence-corrected chi connectivity index (χ4v) is 2.65. The van der Waals surface area contributed by atoms with Crippen LogP contribution < -0.4 is 14.9 Å². The minimum absolute atomic E-state index is 0.0717. The zero-order valence-electron chi connectivity index (χ0n) is 13.9. The van der Waals surface area contributed by atoms with Gasteiger partial charge in [0, 0.05) is 11.8 Å². The lowest BCUT2D eigenvalue weighted by atomic mass is 10.0. The molecule has 0 fully saturated rings. The number of hydrogen-bond donors (Lipinski definition) is 1. The third-order valence-corrected chi connectivity index (χ3v) is 3.87. The Labute approximate surface area is 143 Å². The maximum Gasteiger partial charge on any atom is 0.200 e. The van der Waals surface area contributed by atoms with Gasteiger partial charge in [-0.25, -0.2) is 8.78 Å². The number of H-pyrrole nitrogens is 1. The third-order valence-electron chi connectivity index (χ3n) is 3.87. The molecule has 0 spiro atoms. The number of rotatable bonds is 5. The third kappa shape index (κ3) is 3.07. The second kappa shape index (κ2) is 6.93. The van der Waals surface area contributed by atoms with E-state index in [2.05, 4.69) is 4.98 Å². The van der Waals surface area contributed by atoms with Crippen LogP contribution in [0.5, 0.6) is 11.5 Å². The topological polar surface area (TPSA) is 51.3 Å². The first kappa shape index (κ1) is 17.0. The van der Waals surface area contributed by atoms with Crippen LogP contribution in [0.15, 0.2) is 41.3 Å². The van der Waals surface area contributed by atoms with E-state index in [9.17, 15) is 13.6 Å². The van der Waals surface area contributed by atoms with Gasteiger partial charge in [-0.05, 0) is 36.2 Å². The minimum atomic E-state index is -0.657. The molecule has 0 unspecified atom stereocenters. The molecular weight excluding hydrogens is 328 g/mol. The molecule has 3 rings (SSSR count). The smallest absolute Gasteiger partial charge is 0.200 e. The molecule has 130 valence electrons. The van der Waals surface area contributed by atoms with Crippen molar-refractivity contribution in [3.63, 3.8) is 0 Å². The van der Waals surface area contributed by atoms with Gasteiger partial charge in [-0.2, -0.15) is 0 Å². The molecule has 0 saturated heterocycles. The monoisotopic (exact) mass is 345 g/mol. The van der Waals surface area contributed by atoms with Gasteiger partial charge in [0.25, 0.3) is 0 Å². The number of methoxy groups -OCH3 is 1. The summed E-state index contributed by atoms with van der Waals surface area (Å²) in [5.41, 5.74) is 0.260. The number of aromatic amines is 1. The van der Waals surface area contributed by atoms with Crippen molar-refractivity contribution in [2.24, 2.45) is 0 Å². The second-order valence-electron chi connectivity index (χ2n) is 5.52. The molecule has 25 heavy (non-hydrogen) atoms. The Hall–Kier alpha value is -2.89. The van der Waals surface area contributed by atoms with E-state index in [-0.39, 0.29) is 22.2 Å². The molecule has 0 aliphatic heterocycles. The summed E-state index contributed by atoms with van der Waals surface area (Å²) in [6.07, 6.45) is 2.22. The number of fused-ring (bicyclic) bond motifs is 1. The molecule has 0 saturated carbocycles. The van der Waals surface area contributed by atoms with Gasteiger partial charge in [-0.3, -0.25) is 4.79 Å². The Morgan fingerprint density at radius 2 is 1.84 bits per heavy atom. The highest BCUT2D eigenvalue weighted by Crippen LogP contribution is 2.28. The second-order valence-corrected chi connectivity index (χ2v) is 5.52. The van der Waals surface area contributed by atoms with Crippen LogP contribution in [0.3, 0.4) is 0 Å². The van der Waals surface area contributed by atoms with Crippen molar-refractivity contribution >= 4 is 10.9 Å². The maximum atomic E-state index is 14.3. The van der Waals surface area contributed by atoms with Crippen molar-refractivity contribution < 1.29 is 18.3 Å². The van der Waals surface area contributed by atoms with Crippen LogP contribution in [-0.4, -0.2) is 18.7 Å². The zero-order valence-corrected chi connectivity index (χ0v) is 13.9. The summed E-state index contributed by atoms with van der Waals surface area (Å²) in [5.74, 6) is -0.777. The minimum Gasteiger partial charge on any atom is -0.494 e. The highest BCUT2D eigenvalue weighted by molar-refractivity contribution is 5.88. The van der Waals surface area contributed by atoms with Crippen LogP contribution in [0.4, 0.5) is 8.78 Å². The molecule has 2 aromatic carbocycles. The lowest BCUT2D eigenvalue weighted by Crippen LogP contribution is -2.10. The van der Waals surface area contributed by atoms with Gasteiger partial charge in [-0.1, -0.05) is 13.0 Å². The van der Waals surface area contributed by atoms with Crippen LogP contribution >= 0.6 is 0 Å². The summed E-state index contributed by atoms with van der Waals surface area (Å²) in [7, 11) is 1.36. The molecular formula is C19H17F2NO3. The van der Waals surface area contributed by atoms with Gasteiger partial charge >= 0.3 is 0 Å². The van der Waals surface area contributed by atoms with Crippen LogP contribution in [0.2, 0.25) is 0 Å². The molecule has 3 aromatic rings. The van der Waals surface area contributed by atoms with Crippen molar-refractivity contribution in [2.45, 2.75) is 13.3 Å². The fraction of sp³-hybridized carbons (Fsp3) is 0.211. The predicted octanol–water partition coefficient (Wildman–Crippen LogP) is 4.27. The van der Waals surface area contributed by atoms with Gasteiger partial charge in [0.1, 0.15) is 11.6 Å². The average molecular weight is 345 g/mol. The molecule has 1 heterocycles. The molecule has 0 radical (unpaired) electrons. The summed E-state index contributed by atoms with van der Waals surface area (Å²) >= 11 is 0. The number of aromatic nitrogens is 1. The zero-order chi connectivity index (χ0) is 18.0. The van der Waals surface area contributed by atoms with E-state index in [0.717, 1.165) is 6.42 Å². The van der Waals surface area contributed by atoms with E-state index in [0.29, 0.717) is 17.9 Å². The predicted molar refractivity (Wildman–Crippen MR) is 92.3 cm³/mol. The first-order valence-corrected chi connectivity index (χ1v) is 7.87. The number of halogens is 2. The van der Waals surface area contributed by atoms with Crippen molar-refractivity contribution in [2.75, 3.05) is 13.7 Å². The Kier molecular flexibility index (Phi) is 4.70. The number of ether oxygens (including phenoxy) is 2. The van der Waals surface area contributed by atoms with Crippen molar-refractivity contribution in [3.05, 3.63) is 58.4 Å². The Morgan fingerprint density at radius 3 is 2.52 bits per heavy atom. The van der Waals surface area contributed by atoms with Crippen LogP contribution in [0, 0.1) is 11.6 Å². The van der Waals surface area contributed by atoms with Gasteiger partial charge in [-0.15, -0.1) is 0 Å². The first-order valence-electron chi connectivity index (χ1n) is 7.87. The van der Waals surface area contributed by atoms with Gasteiger partial charge < -0.3 is 14.5 Å². The standard InChI is InChI=1S/C19H17F2NO3/c1-3-8-25-16-7-5-13(20)17-18(16)22-10-12(19(17)23)11-4-6-15(24-2)14(21)9-11/h4-7,9-10H,3,8H2,1-2H3,(H,22,23). The SMILES string of the molecule is CCCOc1ccc(F)c2c(=O)c(-c3ccc(OC)c(F)c3)c[nH]c12. The Balaban J connectivity index is 2.19. The molecule has 0 bridgehead atoms. The summed E-state index contributed by atoms with van der Waals surface area (Å²) < 4.78 is 38.6. The molecule has 4 nitrogen and oxygen atoms in total. The highest BCUT2D eigenvalue weighted by Gasteiger charge is 2.16. The van der Waals surface area contributed by atoms with E-state index in [1.807, 2.05) is 6.92 Å². The Bertz CT molecular complexity index is 982. The summed E-state index contributed by atoms with van der Waals surface area (Å²) in [5, 5.41) is -0.109. The first-order chi connectivity index (χ1) is 12.1. The molecule has 0 amide bonds. The fourth-order valence-electron chi connectivity index (χ4n) is 2.65. The summed E-state index contributed by atoms with van der Waals surface area (Å²) in [6.45, 7) is 2.40. The number of benzene rings is 2. The largest absolute Gasteiger partial charge is 0.494 e. The molecule has 1 N–H and O–H groups in total. The van der Waals surface area contributed by atoms with Crippen LogP contribution in [0.25, 0.3) is 22.0 Å². The van der Waals surface area contributed by atoms with E-state index < -0.39 is 17.1 Å². The number of hydrogen-bond acceptors (Lipinski definition) is 3. The molecule has 0 aliphatic carbocycles. The van der Waals surface area contributed by atoms with Crippen LogP contribution in [0.1, 0.15) is 13.3 Å². The Morgan fingerprint density at radius 1 is 1.08 bits per heavy atom. The summed E-state index contributed by atoms with van der Waals surface area (Å²) in [6, 6.07) is 6.83. The lowest BCUT2D eigenvalue weighted by molar-refractivity contribution is 0.320. The van der Waals surface area contributed by atoms with Crippen molar-refractivity contribution in [1.82, 2.24) is 4.98 Å². The van der Waals surface area contributed by atoms with E-state index in [1.54, 1.807) is 6.07 Å². The van der Waals surface area contributed by atoms with Gasteiger partial charge in [0.15, 0.2) is 17.0 Å². The highest BCUT2D eigenvalue weighted by atomic mass is 19.1. The molecule has 0 atom stereocenters. The lowest BCUT2D eigenvalue weighted by Gasteiger charge is -2.11. The van der Waals surface area contributed by atoms with Crippen molar-refractivity contribution in [1.29, 1.82) is 0 Å². The van der Waals surface area contributed by atoms with E-state index in [4.69, 9.17) is 9.47 Å². The van der Waals surface area contributed by atoms with Crippen LogP contribution in [-0.2, 0) is 0 Å².